The van der Waals surface area contributed by atoms with Crippen LogP contribution in [0.1, 0.15) is 48.4 Å². The van der Waals surface area contributed by atoms with Gasteiger partial charge in [-0.05, 0) is 59.9 Å². The zero-order valence-corrected chi connectivity index (χ0v) is 25.5. The van der Waals surface area contributed by atoms with E-state index in [0.29, 0.717) is 22.3 Å². The van der Waals surface area contributed by atoms with Gasteiger partial charge in [-0.15, -0.1) is 5.10 Å². The van der Waals surface area contributed by atoms with Gasteiger partial charge in [0.05, 0.1) is 25.4 Å². The molecule has 0 fully saturated rings. The molecule has 2 bridgehead atoms. The summed E-state index contributed by atoms with van der Waals surface area (Å²) in [5, 5.41) is 12.0. The van der Waals surface area contributed by atoms with Gasteiger partial charge in [0, 0.05) is 51.6 Å². The van der Waals surface area contributed by atoms with Crippen LogP contribution in [0.15, 0.2) is 85.2 Å². The van der Waals surface area contributed by atoms with Crippen LogP contribution in [0, 0.1) is 0 Å². The number of carbonyl (C=O) groups excluding carboxylic acids is 2. The number of halogens is 2. The number of hydrogen-bond acceptors (Lipinski definition) is 6. The van der Waals surface area contributed by atoms with Crippen LogP contribution in [-0.4, -0.2) is 39.0 Å². The Hall–Kier alpha value is -4.53. The molecule has 1 unspecified atom stereocenters. The molecule has 1 aliphatic heterocycles. The van der Waals surface area contributed by atoms with Crippen LogP contribution < -0.4 is 5.32 Å². The van der Waals surface area contributed by atoms with E-state index in [0.717, 1.165) is 64.0 Å². The fourth-order valence-corrected chi connectivity index (χ4v) is 5.92. The van der Waals surface area contributed by atoms with Crippen molar-refractivity contribution >= 4 is 40.8 Å². The van der Waals surface area contributed by atoms with E-state index in [-0.39, 0.29) is 24.2 Å². The molecule has 0 aliphatic carbocycles. The molecule has 0 radical (unpaired) electrons. The first-order valence-corrected chi connectivity index (χ1v) is 15.1. The highest BCUT2D eigenvalue weighted by molar-refractivity contribution is 6.31. The molecule has 10 heteroatoms. The summed E-state index contributed by atoms with van der Waals surface area (Å²) in [5.74, 6) is -0.355. The summed E-state index contributed by atoms with van der Waals surface area (Å²) in [7, 11) is 1.37. The fourth-order valence-electron chi connectivity index (χ4n) is 5.62. The molecule has 44 heavy (non-hydrogen) atoms. The Morgan fingerprint density at radius 2 is 1.89 bits per heavy atom. The second-order valence-corrected chi connectivity index (χ2v) is 11.5. The van der Waals surface area contributed by atoms with Crippen LogP contribution in [0.4, 0.5) is 5.69 Å². The smallest absolute Gasteiger partial charge is 0.309 e. The number of esters is 1. The lowest BCUT2D eigenvalue weighted by Gasteiger charge is -2.21. The molecular formula is C34H29Cl2N5O3. The molecule has 0 saturated heterocycles. The van der Waals surface area contributed by atoms with Crippen LogP contribution in [0.5, 0.6) is 0 Å². The maximum atomic E-state index is 12.9. The Kier molecular flexibility index (Phi) is 8.72. The molecule has 5 aromatic rings. The highest BCUT2D eigenvalue weighted by Gasteiger charge is 2.20. The zero-order valence-electron chi connectivity index (χ0n) is 24.0. The first kappa shape index (κ1) is 29.5. The van der Waals surface area contributed by atoms with Crippen LogP contribution in [0.3, 0.4) is 0 Å². The largest absolute Gasteiger partial charge is 0.469 e. The van der Waals surface area contributed by atoms with E-state index in [2.05, 4.69) is 33.8 Å². The van der Waals surface area contributed by atoms with Crippen LogP contribution >= 0.6 is 23.2 Å². The van der Waals surface area contributed by atoms with Gasteiger partial charge in [0.25, 0.3) is 0 Å². The van der Waals surface area contributed by atoms with Crippen LogP contribution in [0.25, 0.3) is 27.9 Å². The highest BCUT2D eigenvalue weighted by atomic mass is 35.5. The molecule has 0 spiro atoms. The minimum Gasteiger partial charge on any atom is -0.469 e. The molecule has 1 aliphatic rings. The van der Waals surface area contributed by atoms with Crippen molar-refractivity contribution in [2.75, 3.05) is 12.4 Å². The Morgan fingerprint density at radius 3 is 2.66 bits per heavy atom. The number of rotatable bonds is 5. The molecule has 2 aromatic heterocycles. The van der Waals surface area contributed by atoms with Gasteiger partial charge in [-0.3, -0.25) is 14.6 Å². The molecule has 8 nitrogen and oxygen atoms in total. The number of carbonyl (C=O) groups is 2. The van der Waals surface area contributed by atoms with Crippen molar-refractivity contribution in [1.29, 1.82) is 0 Å². The highest BCUT2D eigenvalue weighted by Crippen LogP contribution is 2.37. The normalized spacial score (nSPS) is 15.0. The molecule has 6 rings (SSSR count). The summed E-state index contributed by atoms with van der Waals surface area (Å²) in [6, 6.07) is 23.7. The predicted molar refractivity (Wildman–Crippen MR) is 171 cm³/mol. The molecule has 1 amide bonds. The predicted octanol–water partition coefficient (Wildman–Crippen LogP) is 7.66. The van der Waals surface area contributed by atoms with Crippen molar-refractivity contribution in [2.45, 2.75) is 38.0 Å². The molecule has 3 heterocycles. The molecule has 1 atom stereocenters. The van der Waals surface area contributed by atoms with E-state index >= 15 is 0 Å². The SMILES string of the molecule is COC(=O)Cc1ccc2c(c1)NC(=O)CCCCC(c1ccc(-c3cc(Cl)ccc3-n3cc(Cl)nn3)cn1)c1cccc-2c1. The van der Waals surface area contributed by atoms with Crippen LogP contribution in [0.2, 0.25) is 10.2 Å². The van der Waals surface area contributed by atoms with Gasteiger partial charge in [-0.25, -0.2) is 4.68 Å². The third-order valence-electron chi connectivity index (χ3n) is 7.81. The first-order chi connectivity index (χ1) is 21.4. The molecule has 1 N–H and O–H groups in total. The average Bonchev–Trinajstić information content (AvgIpc) is 3.46. The minimum absolute atomic E-state index is 0.0292. The molecular weight excluding hydrogens is 597 g/mol. The number of hydrogen-bond donors (Lipinski definition) is 1. The minimum atomic E-state index is -0.331. The number of methoxy groups -OCH3 is 1. The molecule has 3 aromatic carbocycles. The lowest BCUT2D eigenvalue weighted by Crippen LogP contribution is -2.14. The number of anilines is 1. The van der Waals surface area contributed by atoms with Crippen molar-refractivity contribution < 1.29 is 14.3 Å². The summed E-state index contributed by atoms with van der Waals surface area (Å²) < 4.78 is 6.45. The van der Waals surface area contributed by atoms with E-state index in [1.165, 1.54) is 7.11 Å². The number of nitrogens with one attached hydrogen (secondary N) is 1. The third kappa shape index (κ3) is 6.51. The maximum absolute atomic E-state index is 12.9. The van der Waals surface area contributed by atoms with Gasteiger partial charge in [0.2, 0.25) is 5.91 Å². The lowest BCUT2D eigenvalue weighted by molar-refractivity contribution is -0.139. The summed E-state index contributed by atoms with van der Waals surface area (Å²) in [6.07, 6.45) is 6.47. The van der Waals surface area contributed by atoms with Crippen molar-refractivity contribution in [1.82, 2.24) is 20.0 Å². The Labute approximate surface area is 265 Å². The number of fused-ring (bicyclic) bond motifs is 4. The summed E-state index contributed by atoms with van der Waals surface area (Å²) in [5.41, 5.74) is 7.91. The van der Waals surface area contributed by atoms with Gasteiger partial charge in [-0.2, -0.15) is 0 Å². The van der Waals surface area contributed by atoms with Crippen molar-refractivity contribution in [2.24, 2.45) is 0 Å². The number of ether oxygens (including phenoxy) is 1. The van der Waals surface area contributed by atoms with E-state index in [1.807, 2.05) is 54.7 Å². The van der Waals surface area contributed by atoms with Gasteiger partial charge in [0.1, 0.15) is 0 Å². The van der Waals surface area contributed by atoms with Gasteiger partial charge in [-0.1, -0.05) is 77.3 Å². The molecule has 222 valence electrons. The van der Waals surface area contributed by atoms with E-state index < -0.39 is 0 Å². The fraction of sp³-hybridized carbons (Fsp3) is 0.206. The van der Waals surface area contributed by atoms with Crippen molar-refractivity contribution in [3.8, 4) is 27.9 Å². The number of pyridine rings is 1. The van der Waals surface area contributed by atoms with E-state index in [9.17, 15) is 9.59 Å². The van der Waals surface area contributed by atoms with E-state index in [1.54, 1.807) is 16.9 Å². The quantitative estimate of drug-likeness (QED) is 0.201. The summed E-state index contributed by atoms with van der Waals surface area (Å²) in [4.78, 5) is 29.8. The average molecular weight is 627 g/mol. The number of aromatic nitrogens is 4. The second kappa shape index (κ2) is 13.0. The Morgan fingerprint density at radius 1 is 1.00 bits per heavy atom. The van der Waals surface area contributed by atoms with E-state index in [4.69, 9.17) is 32.9 Å². The Balaban J connectivity index is 1.36. The molecule has 0 saturated carbocycles. The summed E-state index contributed by atoms with van der Waals surface area (Å²) >= 11 is 12.4. The van der Waals surface area contributed by atoms with Gasteiger partial charge < -0.3 is 10.1 Å². The van der Waals surface area contributed by atoms with Crippen molar-refractivity contribution in [3.63, 3.8) is 0 Å². The van der Waals surface area contributed by atoms with Gasteiger partial charge in [0.15, 0.2) is 5.15 Å². The third-order valence-corrected chi connectivity index (χ3v) is 8.21. The summed E-state index contributed by atoms with van der Waals surface area (Å²) in [6.45, 7) is 0. The number of amides is 1. The second-order valence-electron chi connectivity index (χ2n) is 10.7. The zero-order chi connectivity index (χ0) is 30.6. The number of nitrogens with zero attached hydrogens (tertiary/aromatic N) is 4. The Bertz CT molecular complexity index is 1840. The maximum Gasteiger partial charge on any atom is 0.309 e. The lowest BCUT2D eigenvalue weighted by atomic mass is 9.87. The first-order valence-electron chi connectivity index (χ1n) is 14.3. The van der Waals surface area contributed by atoms with Crippen molar-refractivity contribution in [3.05, 3.63) is 112 Å². The standard InChI is InChI=1S/C34H29Cl2N5O3/c1-44-34(43)16-21-9-12-27-23-6-4-5-22(17-23)26(7-2-3-8-33(42)38-30(27)15-21)29-13-10-24(19-37-29)28-18-25(35)11-14-31(28)41-20-32(36)39-40-41/h4-6,9-15,17-20,26H,2-3,7-8,16H2,1H3,(H,38,42). The number of benzene rings is 3. The monoisotopic (exact) mass is 625 g/mol. The van der Waals surface area contributed by atoms with Gasteiger partial charge >= 0.3 is 5.97 Å². The topological polar surface area (TPSA) is 99.0 Å². The van der Waals surface area contributed by atoms with Crippen LogP contribution in [-0.2, 0) is 20.7 Å².